The topological polar surface area (TPSA) is 47.0 Å². The van der Waals surface area contributed by atoms with Gasteiger partial charge in [0.2, 0.25) is 0 Å². The zero-order chi connectivity index (χ0) is 12.8. The molecule has 0 bridgehead atoms. The van der Waals surface area contributed by atoms with Crippen LogP contribution in [0.1, 0.15) is 45.2 Å². The molecule has 0 radical (unpaired) electrons. The molecule has 2 rings (SSSR count). The Morgan fingerprint density at radius 3 is 2.94 bits per heavy atom. The van der Waals surface area contributed by atoms with Crippen molar-refractivity contribution in [3.8, 4) is 0 Å². The molecule has 18 heavy (non-hydrogen) atoms. The molecule has 0 aliphatic carbocycles. The minimum atomic E-state index is 0.0849. The average Bonchev–Trinajstić information content (AvgIpc) is 2.46. The number of hydrogen-bond acceptors (Lipinski definition) is 4. The van der Waals surface area contributed by atoms with Gasteiger partial charge < -0.3 is 10.1 Å². The first-order chi connectivity index (χ1) is 8.78. The van der Waals surface area contributed by atoms with Crippen LogP contribution >= 0.6 is 0 Å². The van der Waals surface area contributed by atoms with Crippen LogP contribution in [0.15, 0.2) is 18.6 Å². The van der Waals surface area contributed by atoms with Gasteiger partial charge in [-0.05, 0) is 31.7 Å². The van der Waals surface area contributed by atoms with Gasteiger partial charge in [-0.3, -0.25) is 0 Å². The van der Waals surface area contributed by atoms with Crippen LogP contribution in [-0.2, 0) is 11.3 Å². The fourth-order valence-corrected chi connectivity index (χ4v) is 2.62. The minimum Gasteiger partial charge on any atom is -0.375 e. The van der Waals surface area contributed by atoms with Gasteiger partial charge in [0.15, 0.2) is 0 Å². The second-order valence-electron chi connectivity index (χ2n) is 5.01. The normalized spacial score (nSPS) is 22.9. The molecule has 1 aromatic rings. The van der Waals surface area contributed by atoms with Crippen LogP contribution < -0.4 is 5.32 Å². The molecule has 0 saturated carbocycles. The Kier molecular flexibility index (Phi) is 4.66. The molecule has 1 aliphatic rings. The van der Waals surface area contributed by atoms with Crippen molar-refractivity contribution >= 4 is 0 Å². The Morgan fingerprint density at radius 2 is 2.28 bits per heavy atom. The number of ether oxygens (including phenoxy) is 1. The molecule has 0 amide bonds. The van der Waals surface area contributed by atoms with E-state index in [9.17, 15) is 0 Å². The molecule has 1 aromatic heterocycles. The summed E-state index contributed by atoms with van der Waals surface area (Å²) < 4.78 is 5.98. The van der Waals surface area contributed by atoms with Crippen molar-refractivity contribution in [1.82, 2.24) is 15.3 Å². The molecule has 4 nitrogen and oxygen atoms in total. The van der Waals surface area contributed by atoms with Crippen LogP contribution in [0.2, 0.25) is 0 Å². The third-order valence-electron chi connectivity index (χ3n) is 4.00. The van der Waals surface area contributed by atoms with Crippen molar-refractivity contribution in [2.45, 2.75) is 57.7 Å². The molecule has 1 N–H and O–H groups in total. The summed E-state index contributed by atoms with van der Waals surface area (Å²) >= 11 is 0. The van der Waals surface area contributed by atoms with Gasteiger partial charge in [0.05, 0.1) is 11.3 Å². The molecule has 1 unspecified atom stereocenters. The first kappa shape index (κ1) is 13.4. The lowest BCUT2D eigenvalue weighted by Gasteiger charge is -2.40. The summed E-state index contributed by atoms with van der Waals surface area (Å²) in [5.74, 6) is 0. The highest BCUT2D eigenvalue weighted by molar-refractivity contribution is 4.98. The van der Waals surface area contributed by atoms with Crippen molar-refractivity contribution in [3.63, 3.8) is 0 Å². The van der Waals surface area contributed by atoms with Gasteiger partial charge in [0.25, 0.3) is 0 Å². The highest BCUT2D eigenvalue weighted by Gasteiger charge is 2.34. The zero-order valence-electron chi connectivity index (χ0n) is 11.4. The van der Waals surface area contributed by atoms with Gasteiger partial charge in [-0.25, -0.2) is 9.97 Å². The predicted octanol–water partition coefficient (Wildman–Crippen LogP) is 2.30. The van der Waals surface area contributed by atoms with E-state index >= 15 is 0 Å². The van der Waals surface area contributed by atoms with E-state index in [4.69, 9.17) is 4.74 Å². The van der Waals surface area contributed by atoms with Gasteiger partial charge in [-0.1, -0.05) is 13.8 Å². The molecule has 100 valence electrons. The minimum absolute atomic E-state index is 0.0849. The number of hydrogen-bond donors (Lipinski definition) is 1. The van der Waals surface area contributed by atoms with E-state index in [1.54, 1.807) is 12.5 Å². The fourth-order valence-electron chi connectivity index (χ4n) is 2.62. The lowest BCUT2D eigenvalue weighted by Crippen LogP contribution is -2.46. The summed E-state index contributed by atoms with van der Waals surface area (Å²) in [5.41, 5.74) is 1.14. The maximum absolute atomic E-state index is 5.98. The zero-order valence-corrected chi connectivity index (χ0v) is 11.4. The highest BCUT2D eigenvalue weighted by atomic mass is 16.5. The van der Waals surface area contributed by atoms with Crippen LogP contribution in [0, 0.1) is 0 Å². The summed E-state index contributed by atoms with van der Waals surface area (Å²) in [7, 11) is 0. The van der Waals surface area contributed by atoms with E-state index in [1.165, 1.54) is 0 Å². The summed E-state index contributed by atoms with van der Waals surface area (Å²) in [4.78, 5) is 8.17. The van der Waals surface area contributed by atoms with Gasteiger partial charge >= 0.3 is 0 Å². The van der Waals surface area contributed by atoms with Crippen LogP contribution in [-0.4, -0.2) is 28.2 Å². The van der Waals surface area contributed by atoms with Gasteiger partial charge in [0.1, 0.15) is 6.33 Å². The Hall–Kier alpha value is -1.00. The number of aromatic nitrogens is 2. The van der Waals surface area contributed by atoms with E-state index in [2.05, 4.69) is 29.1 Å². The molecule has 1 aliphatic heterocycles. The van der Waals surface area contributed by atoms with Gasteiger partial charge in [0, 0.05) is 25.4 Å². The quantitative estimate of drug-likeness (QED) is 0.870. The van der Waals surface area contributed by atoms with Crippen LogP contribution in [0.25, 0.3) is 0 Å². The molecule has 1 atom stereocenters. The second kappa shape index (κ2) is 6.25. The van der Waals surface area contributed by atoms with E-state index < -0.39 is 0 Å². The van der Waals surface area contributed by atoms with Crippen molar-refractivity contribution in [3.05, 3.63) is 24.3 Å². The van der Waals surface area contributed by atoms with E-state index in [1.807, 2.05) is 6.07 Å². The standard InChI is InChI=1S/C14H23N3O/c1-3-14(4-2)9-12(6-8-18-14)16-10-13-5-7-15-11-17-13/h5,7,11-12,16H,3-4,6,8-10H2,1-2H3. The van der Waals surface area contributed by atoms with Crippen LogP contribution in [0.4, 0.5) is 0 Å². The summed E-state index contributed by atoms with van der Waals surface area (Å²) in [5, 5.41) is 3.59. The Bertz CT molecular complexity index is 351. The molecule has 4 heteroatoms. The van der Waals surface area contributed by atoms with Gasteiger partial charge in [-0.2, -0.15) is 0 Å². The van der Waals surface area contributed by atoms with Crippen molar-refractivity contribution in [1.29, 1.82) is 0 Å². The lowest BCUT2D eigenvalue weighted by molar-refractivity contribution is -0.0932. The van der Waals surface area contributed by atoms with Gasteiger partial charge in [-0.15, -0.1) is 0 Å². The maximum atomic E-state index is 5.98. The number of nitrogens with one attached hydrogen (secondary N) is 1. The highest BCUT2D eigenvalue weighted by Crippen LogP contribution is 2.31. The summed E-state index contributed by atoms with van der Waals surface area (Å²) in [6, 6.07) is 2.49. The predicted molar refractivity (Wildman–Crippen MR) is 71.2 cm³/mol. The van der Waals surface area contributed by atoms with Crippen molar-refractivity contribution in [2.75, 3.05) is 6.61 Å². The van der Waals surface area contributed by atoms with E-state index in [0.717, 1.165) is 44.5 Å². The number of nitrogens with zero attached hydrogens (tertiary/aromatic N) is 2. The molecule has 1 fully saturated rings. The summed E-state index contributed by atoms with van der Waals surface area (Å²) in [6.07, 6.45) is 7.77. The average molecular weight is 249 g/mol. The largest absolute Gasteiger partial charge is 0.375 e. The third-order valence-corrected chi connectivity index (χ3v) is 4.00. The summed E-state index contributed by atoms with van der Waals surface area (Å²) in [6.45, 7) is 6.12. The lowest BCUT2D eigenvalue weighted by atomic mass is 9.86. The van der Waals surface area contributed by atoms with Crippen LogP contribution in [0.5, 0.6) is 0 Å². The molecule has 1 saturated heterocycles. The molecular formula is C14H23N3O. The first-order valence-electron chi connectivity index (χ1n) is 6.90. The molecular weight excluding hydrogens is 226 g/mol. The molecule has 0 aromatic carbocycles. The smallest absolute Gasteiger partial charge is 0.115 e. The number of rotatable bonds is 5. The molecule has 0 spiro atoms. The Labute approximate surface area is 109 Å². The third kappa shape index (κ3) is 3.27. The SMILES string of the molecule is CCC1(CC)CC(NCc2ccncn2)CCO1. The van der Waals surface area contributed by atoms with Crippen LogP contribution in [0.3, 0.4) is 0 Å². The van der Waals surface area contributed by atoms with Crippen molar-refractivity contribution < 1.29 is 4.74 Å². The first-order valence-corrected chi connectivity index (χ1v) is 6.90. The molecule has 2 heterocycles. The maximum Gasteiger partial charge on any atom is 0.115 e. The Balaban J connectivity index is 1.86. The second-order valence-corrected chi connectivity index (χ2v) is 5.01. The fraction of sp³-hybridized carbons (Fsp3) is 0.714. The van der Waals surface area contributed by atoms with Crippen molar-refractivity contribution in [2.24, 2.45) is 0 Å². The monoisotopic (exact) mass is 249 g/mol. The van der Waals surface area contributed by atoms with E-state index in [0.29, 0.717) is 6.04 Å². The Morgan fingerprint density at radius 1 is 1.44 bits per heavy atom. The van der Waals surface area contributed by atoms with E-state index in [-0.39, 0.29) is 5.60 Å².